The van der Waals surface area contributed by atoms with Crippen LogP contribution in [-0.2, 0) is 67.9 Å². The lowest BCUT2D eigenvalue weighted by atomic mass is 9.89. The Balaban J connectivity index is 1.18. The highest BCUT2D eigenvalue weighted by Gasteiger charge is 2.48. The molecule has 0 saturated heterocycles. The molecule has 9 atom stereocenters. The monoisotopic (exact) mass is 1910 g/mol. The molecule has 0 fully saturated rings. The van der Waals surface area contributed by atoms with Gasteiger partial charge < -0.3 is 117 Å². The van der Waals surface area contributed by atoms with E-state index < -0.39 is 139 Å². The smallest absolute Gasteiger partial charge is 0.408 e. The normalized spacial score (nSPS) is 18.8. The fraction of sp³-hybridized carbons (Fsp3) is 0.427. The number of methoxy groups -OCH3 is 7. The first kappa shape index (κ1) is 101. The molecular formula is C96H118Cl3N7O24Si2. The predicted octanol–water partition coefficient (Wildman–Crippen LogP) is 17.7. The molecule has 7 amide bonds. The van der Waals surface area contributed by atoms with Gasteiger partial charge >= 0.3 is 12.2 Å². The number of halogens is 3. The lowest BCUT2D eigenvalue weighted by Crippen LogP contribution is -2.57. The Morgan fingerprint density at radius 1 is 0.500 bits per heavy atom. The zero-order valence-corrected chi connectivity index (χ0v) is 82.3. The largest absolute Gasteiger partial charge is 0.497 e. The maximum Gasteiger partial charge on any atom is 0.408 e. The van der Waals surface area contributed by atoms with Crippen LogP contribution in [-0.4, -0.2) is 169 Å². The topological polar surface area (TPSA) is 361 Å². The lowest BCUT2D eigenvalue weighted by molar-refractivity contribution is -0.136. The molecule has 5 heterocycles. The number of rotatable bonds is 28. The first-order valence-electron chi connectivity index (χ1n) is 42.8. The number of nitrogens with one attached hydrogen (secondary N) is 7. The van der Waals surface area contributed by atoms with Gasteiger partial charge in [-0.1, -0.05) is 143 Å². The first-order valence-corrected chi connectivity index (χ1v) is 49.7. The van der Waals surface area contributed by atoms with Gasteiger partial charge in [0, 0.05) is 29.9 Å². The van der Waals surface area contributed by atoms with Gasteiger partial charge in [0.2, 0.25) is 39.1 Å². The average Bonchev–Trinajstić information content (AvgIpc) is 0.759. The van der Waals surface area contributed by atoms with E-state index in [4.69, 9.17) is 115 Å². The lowest BCUT2D eigenvalue weighted by Gasteiger charge is -2.42. The van der Waals surface area contributed by atoms with Crippen LogP contribution in [0.25, 0.3) is 11.1 Å². The van der Waals surface area contributed by atoms with E-state index in [9.17, 15) is 9.59 Å². The number of fused-ring (bicyclic) bond motifs is 15. The van der Waals surface area contributed by atoms with Crippen molar-refractivity contribution in [3.05, 3.63) is 202 Å². The molecule has 0 radical (unpaired) electrons. The first-order chi connectivity index (χ1) is 62.4. The number of hydrogen-bond donors (Lipinski definition) is 7. The second-order valence-electron chi connectivity index (χ2n) is 35.9. The van der Waals surface area contributed by atoms with Gasteiger partial charge in [-0.3, -0.25) is 24.0 Å². The molecule has 5 aliphatic heterocycles. The molecule has 0 spiro atoms. The van der Waals surface area contributed by atoms with E-state index >= 15 is 24.0 Å². The Labute approximate surface area is 786 Å². The molecule has 7 N–H and O–H groups in total. The van der Waals surface area contributed by atoms with Gasteiger partial charge in [0.1, 0.15) is 89.5 Å². The second-order valence-corrected chi connectivity index (χ2v) is 47.9. The fourth-order valence-corrected chi connectivity index (χ4v) is 17.1. The molecule has 31 nitrogen and oxygen atoms in total. The van der Waals surface area contributed by atoms with E-state index in [0.717, 1.165) is 5.56 Å². The van der Waals surface area contributed by atoms with Crippen LogP contribution in [0.2, 0.25) is 36.3 Å². The summed E-state index contributed by atoms with van der Waals surface area (Å²) in [5.41, 5.74) is 2.37. The molecule has 8 aromatic carbocycles. The zero-order valence-electron chi connectivity index (χ0n) is 78.0. The van der Waals surface area contributed by atoms with Crippen LogP contribution in [0.5, 0.6) is 69.0 Å². The quantitative estimate of drug-likeness (QED) is 0.0104. The molecule has 0 aromatic heterocycles. The standard InChI is InChI=1S/C96H118Cl3N7O24Si2/c1-54-71(118-15)43-60(44-72(54)127-73-42-58(31-38-70(73)117-14)67(50-123-53-121-40-39-114-11)101-92(113)128-93(2,3)4)79-88(109)103-80-61-45-75(85(120-17)76(46-61)126-63-35-29-57(30-36-63)84(130-132(20,21)95(8,9)10)82(90(111)104-79)106-91(112)124-52-96(97,98)99)125-62-33-27-56(28-34-62)83(129-131(18,19)94(5,6)7)81-89(110)100-68(51-122-49-55-25-23-22-24-26-55)65-47-64(115-12)48-74(119-16)77(65)66-41-59(32-37-69(66)116-13)78(86(107)105-81)102-87(80)108/h22-38,41-48,67-68,78-84H,39-40,49-53H2,1-21H3,(H,100,110)(H,101,113)(H,102,108)(H,103,109)(H,104,111)(H,105,107)(H,106,112)/t67-,68?,78-,79?,80-,81+,82-,83-,84-/m1/s1. The third kappa shape index (κ3) is 25.2. The van der Waals surface area contributed by atoms with Gasteiger partial charge in [0.05, 0.1) is 100.0 Å². The van der Waals surface area contributed by atoms with Gasteiger partial charge in [-0.05, 0) is 187 Å². The Kier molecular flexibility index (Phi) is 33.3. The van der Waals surface area contributed by atoms with Crippen molar-refractivity contribution in [3.8, 4) is 80.1 Å². The van der Waals surface area contributed by atoms with Gasteiger partial charge in [-0.15, -0.1) is 0 Å². The summed E-state index contributed by atoms with van der Waals surface area (Å²) in [5.74, 6) is -3.92. The molecule has 710 valence electrons. The Hall–Kier alpha value is -11.1. The molecule has 5 aliphatic rings. The van der Waals surface area contributed by atoms with E-state index in [-0.39, 0.29) is 113 Å². The number of amides is 7. The van der Waals surface area contributed by atoms with Crippen molar-refractivity contribution < 1.29 is 113 Å². The zero-order chi connectivity index (χ0) is 96.1. The van der Waals surface area contributed by atoms with E-state index in [2.05, 4.69) is 37.2 Å². The molecule has 11 bridgehead atoms. The van der Waals surface area contributed by atoms with E-state index in [1.807, 2.05) is 98.1 Å². The number of ether oxygens (including phenoxy) is 15. The molecule has 36 heteroatoms. The van der Waals surface area contributed by atoms with E-state index in [1.165, 1.54) is 74.0 Å². The second kappa shape index (κ2) is 43.3. The number of hydrogen-bond acceptors (Lipinski definition) is 24. The van der Waals surface area contributed by atoms with Crippen LogP contribution < -0.4 is 79.8 Å². The third-order valence-corrected chi connectivity index (χ3v) is 32.7. The average molecular weight is 1920 g/mol. The number of benzene rings is 8. The summed E-state index contributed by atoms with van der Waals surface area (Å²) < 4.78 is 105. The number of alkyl halides is 3. The Bertz CT molecular complexity index is 5440. The van der Waals surface area contributed by atoms with Crippen LogP contribution in [0.4, 0.5) is 9.59 Å². The van der Waals surface area contributed by atoms with Crippen LogP contribution in [0.1, 0.15) is 155 Å². The summed E-state index contributed by atoms with van der Waals surface area (Å²) in [6, 6.07) is 29.9. The highest BCUT2D eigenvalue weighted by Crippen LogP contribution is 2.51. The van der Waals surface area contributed by atoms with E-state index in [1.54, 1.807) is 125 Å². The molecule has 8 aromatic rings. The van der Waals surface area contributed by atoms with Crippen LogP contribution in [0.15, 0.2) is 152 Å². The van der Waals surface area contributed by atoms with Crippen molar-refractivity contribution in [2.75, 3.05) is 89.6 Å². The molecular weight excluding hydrogens is 1800 g/mol. The van der Waals surface area contributed by atoms with Crippen molar-refractivity contribution in [3.63, 3.8) is 0 Å². The van der Waals surface area contributed by atoms with Crippen molar-refractivity contribution in [1.29, 1.82) is 0 Å². The molecule has 2 unspecified atom stereocenters. The van der Waals surface area contributed by atoms with Gasteiger partial charge in [0.15, 0.2) is 39.6 Å². The number of alkyl carbamates (subject to hydrolysis) is 2. The van der Waals surface area contributed by atoms with Crippen LogP contribution >= 0.6 is 34.8 Å². The minimum Gasteiger partial charge on any atom is -0.497 e. The Morgan fingerprint density at radius 2 is 1.05 bits per heavy atom. The van der Waals surface area contributed by atoms with Crippen LogP contribution in [0.3, 0.4) is 0 Å². The van der Waals surface area contributed by atoms with Crippen molar-refractivity contribution in [1.82, 2.24) is 37.2 Å². The van der Waals surface area contributed by atoms with Crippen molar-refractivity contribution >= 4 is 93.2 Å². The van der Waals surface area contributed by atoms with E-state index in [0.29, 0.717) is 51.3 Å². The summed E-state index contributed by atoms with van der Waals surface area (Å²) >= 11 is 18.6. The molecule has 13 rings (SSSR count). The maximum absolute atomic E-state index is 17.1. The number of carbonyl (C=O) groups is 7. The van der Waals surface area contributed by atoms with Crippen LogP contribution in [0, 0.1) is 6.92 Å². The van der Waals surface area contributed by atoms with Crippen molar-refractivity contribution in [2.24, 2.45) is 0 Å². The van der Waals surface area contributed by atoms with Gasteiger partial charge in [0.25, 0.3) is 0 Å². The summed E-state index contributed by atoms with van der Waals surface area (Å²) in [7, 11) is 3.86. The molecule has 0 aliphatic carbocycles. The summed E-state index contributed by atoms with van der Waals surface area (Å²) in [5, 5.41) is 19.8. The highest BCUT2D eigenvalue weighted by molar-refractivity contribution is 6.74. The summed E-state index contributed by atoms with van der Waals surface area (Å²) in [4.78, 5) is 113. The minimum atomic E-state index is -3.16. The SMILES string of the molecule is COCCOCOC[C@@H](NC(=O)OC(C)(C)C)c1ccc(OC)c(Oc2cc(C3NC(=O)[C@H](NC(=O)OCC(Cl)(Cl)Cl)[C@H](O[Si](C)(C)C(C)(C)C)c4ccc(cc4)Oc4cc5cc(c4OC)Oc4ccc(cc4)[C@@H](O[Si](C)(C)C(C)(C)C)[C@@H]4NC(=O)[C@H](NC(=O)[C@@H]5NC3=O)c3ccc(OC)c(c3)-c3c(OC)cc(OC)cc3C(COCc3ccccc3)NC4=O)cc(OC)c2C)c1. The third-order valence-electron chi connectivity index (χ3n) is 23.4. The fourth-order valence-electron chi connectivity index (χ4n) is 14.4. The van der Waals surface area contributed by atoms with Gasteiger partial charge in [-0.2, -0.15) is 0 Å². The van der Waals surface area contributed by atoms with Crippen molar-refractivity contribution in [2.45, 2.75) is 176 Å². The minimum absolute atomic E-state index is 0.0190. The molecule has 132 heavy (non-hydrogen) atoms. The summed E-state index contributed by atoms with van der Waals surface area (Å²) in [6.07, 6.45) is -4.82. The molecule has 0 saturated carbocycles. The predicted molar refractivity (Wildman–Crippen MR) is 501 cm³/mol. The Morgan fingerprint density at radius 3 is 1.61 bits per heavy atom. The maximum atomic E-state index is 17.1. The number of carbonyl (C=O) groups excluding carboxylic acids is 7. The highest BCUT2D eigenvalue weighted by atomic mass is 35.6. The van der Waals surface area contributed by atoms with Gasteiger partial charge in [-0.25, -0.2) is 9.59 Å². The summed E-state index contributed by atoms with van der Waals surface area (Å²) in [6.45, 7) is 26.1.